The Balaban J connectivity index is 3.02. The second-order valence-corrected chi connectivity index (χ2v) is 3.49. The number of aryl methyl sites for hydroxylation is 1. The monoisotopic (exact) mass is 210 g/mol. The van der Waals surface area contributed by atoms with Gasteiger partial charge in [-0.05, 0) is 39.3 Å². The number of esters is 1. The highest BCUT2D eigenvalue weighted by Gasteiger charge is 2.18. The van der Waals surface area contributed by atoms with E-state index in [1.54, 1.807) is 6.92 Å². The normalized spacial score (nSPS) is 10.4. The number of nitrogens with two attached hydrogens (primary N) is 1. The number of aromatic amines is 1. The largest absolute Gasteiger partial charge is 0.462 e. The average Bonchev–Trinajstić information content (AvgIpc) is 2.43. The Morgan fingerprint density at radius 1 is 1.47 bits per heavy atom. The van der Waals surface area contributed by atoms with E-state index in [-0.39, 0.29) is 5.97 Å². The van der Waals surface area contributed by atoms with E-state index < -0.39 is 0 Å². The van der Waals surface area contributed by atoms with Gasteiger partial charge in [0.1, 0.15) is 0 Å². The van der Waals surface area contributed by atoms with Crippen molar-refractivity contribution in [3.05, 3.63) is 22.5 Å². The molecule has 0 unspecified atom stereocenters. The molecule has 0 aliphatic rings. The van der Waals surface area contributed by atoms with E-state index in [4.69, 9.17) is 10.5 Å². The lowest BCUT2D eigenvalue weighted by molar-refractivity contribution is 0.0525. The van der Waals surface area contributed by atoms with Gasteiger partial charge in [0.05, 0.1) is 12.2 Å². The van der Waals surface area contributed by atoms with Crippen molar-refractivity contribution >= 4 is 5.97 Å². The SMILES string of the molecule is CCOC(=O)c1c(C)[nH]c(CCN)c1C. The molecule has 1 rings (SSSR count). The number of nitrogens with one attached hydrogen (secondary N) is 1. The molecule has 0 amide bonds. The van der Waals surface area contributed by atoms with Crippen LogP contribution in [0.25, 0.3) is 0 Å². The zero-order chi connectivity index (χ0) is 11.4. The Morgan fingerprint density at radius 3 is 2.67 bits per heavy atom. The van der Waals surface area contributed by atoms with Crippen molar-refractivity contribution in [2.75, 3.05) is 13.2 Å². The molecule has 0 bridgehead atoms. The van der Waals surface area contributed by atoms with Crippen LogP contribution >= 0.6 is 0 Å². The highest BCUT2D eigenvalue weighted by atomic mass is 16.5. The molecule has 0 aromatic carbocycles. The number of carbonyl (C=O) groups excluding carboxylic acids is 1. The number of hydrogen-bond acceptors (Lipinski definition) is 3. The van der Waals surface area contributed by atoms with E-state index >= 15 is 0 Å². The molecule has 4 nitrogen and oxygen atoms in total. The fourth-order valence-electron chi connectivity index (χ4n) is 1.72. The molecule has 4 heteroatoms. The molecule has 0 saturated carbocycles. The lowest BCUT2D eigenvalue weighted by Gasteiger charge is -2.02. The summed E-state index contributed by atoms with van der Waals surface area (Å²) in [6.07, 6.45) is 0.756. The molecule has 0 atom stereocenters. The number of hydrogen-bond donors (Lipinski definition) is 2. The molecule has 0 saturated heterocycles. The van der Waals surface area contributed by atoms with Gasteiger partial charge in [-0.15, -0.1) is 0 Å². The Bertz CT molecular complexity index is 356. The smallest absolute Gasteiger partial charge is 0.340 e. The molecule has 0 aliphatic heterocycles. The molecule has 0 aliphatic carbocycles. The van der Waals surface area contributed by atoms with Crippen molar-refractivity contribution in [3.8, 4) is 0 Å². The number of aromatic nitrogens is 1. The quantitative estimate of drug-likeness (QED) is 0.736. The van der Waals surface area contributed by atoms with Gasteiger partial charge < -0.3 is 15.5 Å². The van der Waals surface area contributed by atoms with Crippen LogP contribution in [-0.4, -0.2) is 24.1 Å². The van der Waals surface area contributed by atoms with Crippen LogP contribution in [0, 0.1) is 13.8 Å². The fourth-order valence-corrected chi connectivity index (χ4v) is 1.72. The second-order valence-electron chi connectivity index (χ2n) is 3.49. The number of ether oxygens (including phenoxy) is 1. The first-order valence-corrected chi connectivity index (χ1v) is 5.17. The molecule has 3 N–H and O–H groups in total. The van der Waals surface area contributed by atoms with Crippen LogP contribution in [0.3, 0.4) is 0 Å². The van der Waals surface area contributed by atoms with Crippen molar-refractivity contribution in [2.45, 2.75) is 27.2 Å². The topological polar surface area (TPSA) is 68.1 Å². The summed E-state index contributed by atoms with van der Waals surface area (Å²) in [5.41, 5.74) is 8.98. The lowest BCUT2D eigenvalue weighted by Crippen LogP contribution is -2.07. The standard InChI is InChI=1S/C11H18N2O2/c1-4-15-11(14)10-7(2)9(5-6-12)13-8(10)3/h13H,4-6,12H2,1-3H3. The Hall–Kier alpha value is -1.29. The third-order valence-electron chi connectivity index (χ3n) is 2.41. The minimum Gasteiger partial charge on any atom is -0.462 e. The van der Waals surface area contributed by atoms with E-state index in [1.165, 1.54) is 0 Å². The molecular formula is C11H18N2O2. The summed E-state index contributed by atoms with van der Waals surface area (Å²) in [7, 11) is 0. The molecular weight excluding hydrogens is 192 g/mol. The zero-order valence-corrected chi connectivity index (χ0v) is 9.52. The van der Waals surface area contributed by atoms with E-state index in [2.05, 4.69) is 4.98 Å². The van der Waals surface area contributed by atoms with Gasteiger partial charge in [0, 0.05) is 11.4 Å². The maximum atomic E-state index is 11.6. The molecule has 1 heterocycles. The van der Waals surface area contributed by atoms with Crippen LogP contribution in [0.2, 0.25) is 0 Å². The molecule has 15 heavy (non-hydrogen) atoms. The maximum Gasteiger partial charge on any atom is 0.340 e. The summed E-state index contributed by atoms with van der Waals surface area (Å²) in [6.45, 7) is 6.56. The highest BCUT2D eigenvalue weighted by Crippen LogP contribution is 2.19. The van der Waals surface area contributed by atoms with Crippen molar-refractivity contribution < 1.29 is 9.53 Å². The first-order valence-electron chi connectivity index (χ1n) is 5.17. The molecule has 1 aromatic heterocycles. The zero-order valence-electron chi connectivity index (χ0n) is 9.52. The van der Waals surface area contributed by atoms with Crippen LogP contribution in [0.1, 0.15) is 34.2 Å². The summed E-state index contributed by atoms with van der Waals surface area (Å²) >= 11 is 0. The minimum atomic E-state index is -0.257. The van der Waals surface area contributed by atoms with Gasteiger partial charge in [0.2, 0.25) is 0 Å². The van der Waals surface area contributed by atoms with Gasteiger partial charge in [0.15, 0.2) is 0 Å². The Labute approximate surface area is 89.8 Å². The van der Waals surface area contributed by atoms with Crippen molar-refractivity contribution in [1.29, 1.82) is 0 Å². The summed E-state index contributed by atoms with van der Waals surface area (Å²) in [5.74, 6) is -0.257. The third kappa shape index (κ3) is 2.39. The van der Waals surface area contributed by atoms with Gasteiger partial charge in [-0.25, -0.2) is 4.79 Å². The summed E-state index contributed by atoms with van der Waals surface area (Å²) in [4.78, 5) is 14.8. The predicted molar refractivity (Wildman–Crippen MR) is 59.0 cm³/mol. The molecule has 0 radical (unpaired) electrons. The summed E-state index contributed by atoms with van der Waals surface area (Å²) in [6, 6.07) is 0. The van der Waals surface area contributed by atoms with Crippen LogP contribution < -0.4 is 5.73 Å². The Morgan fingerprint density at radius 2 is 2.13 bits per heavy atom. The van der Waals surface area contributed by atoms with E-state index in [1.807, 2.05) is 13.8 Å². The van der Waals surface area contributed by atoms with Crippen LogP contribution in [0.15, 0.2) is 0 Å². The average molecular weight is 210 g/mol. The first kappa shape index (κ1) is 11.8. The predicted octanol–water partition coefficient (Wildman–Crippen LogP) is 1.31. The van der Waals surface area contributed by atoms with Gasteiger partial charge in [0.25, 0.3) is 0 Å². The van der Waals surface area contributed by atoms with E-state index in [0.717, 1.165) is 23.4 Å². The van der Waals surface area contributed by atoms with Crippen molar-refractivity contribution in [1.82, 2.24) is 4.98 Å². The first-order chi connectivity index (χ1) is 7.11. The molecule has 84 valence electrons. The number of carbonyl (C=O) groups is 1. The number of rotatable bonds is 4. The van der Waals surface area contributed by atoms with Gasteiger partial charge >= 0.3 is 5.97 Å². The number of H-pyrrole nitrogens is 1. The highest BCUT2D eigenvalue weighted by molar-refractivity contribution is 5.92. The maximum absolute atomic E-state index is 11.6. The van der Waals surface area contributed by atoms with Gasteiger partial charge in [-0.3, -0.25) is 0 Å². The molecule has 0 spiro atoms. The van der Waals surface area contributed by atoms with Gasteiger partial charge in [-0.2, -0.15) is 0 Å². The van der Waals surface area contributed by atoms with Crippen LogP contribution in [0.5, 0.6) is 0 Å². The molecule has 1 aromatic rings. The summed E-state index contributed by atoms with van der Waals surface area (Å²) in [5, 5.41) is 0. The van der Waals surface area contributed by atoms with Crippen LogP contribution in [-0.2, 0) is 11.2 Å². The molecule has 0 fully saturated rings. The third-order valence-corrected chi connectivity index (χ3v) is 2.41. The van der Waals surface area contributed by atoms with Crippen LogP contribution in [0.4, 0.5) is 0 Å². The summed E-state index contributed by atoms with van der Waals surface area (Å²) < 4.78 is 4.99. The second kappa shape index (κ2) is 4.98. The van der Waals surface area contributed by atoms with Gasteiger partial charge in [-0.1, -0.05) is 0 Å². The lowest BCUT2D eigenvalue weighted by atomic mass is 10.1. The van der Waals surface area contributed by atoms with E-state index in [0.29, 0.717) is 18.7 Å². The van der Waals surface area contributed by atoms with Crippen molar-refractivity contribution in [3.63, 3.8) is 0 Å². The fraction of sp³-hybridized carbons (Fsp3) is 0.545. The van der Waals surface area contributed by atoms with Crippen molar-refractivity contribution in [2.24, 2.45) is 5.73 Å². The minimum absolute atomic E-state index is 0.257. The Kier molecular flexibility index (Phi) is 3.91. The van der Waals surface area contributed by atoms with E-state index in [9.17, 15) is 4.79 Å².